The minimum absolute atomic E-state index is 0.415. The molecule has 1 atom stereocenters. The first-order valence-corrected chi connectivity index (χ1v) is 5.23. The summed E-state index contributed by atoms with van der Waals surface area (Å²) in [5, 5.41) is 7.66. The van der Waals surface area contributed by atoms with E-state index < -0.39 is 5.91 Å². The first-order valence-electron chi connectivity index (χ1n) is 5.23. The predicted molar refractivity (Wildman–Crippen MR) is 56.6 cm³/mol. The van der Waals surface area contributed by atoms with E-state index >= 15 is 0 Å². The van der Waals surface area contributed by atoms with Gasteiger partial charge < -0.3 is 11.1 Å². The minimum Gasteiger partial charge on any atom is -0.364 e. The Morgan fingerprint density at radius 3 is 3.07 bits per heavy atom. The number of piperidine rings is 1. The smallest absolute Gasteiger partial charge is 0.266 e. The molecule has 5 heteroatoms. The van der Waals surface area contributed by atoms with Crippen molar-refractivity contribution >= 4 is 5.91 Å². The number of nitrogens with two attached hydrogens (primary N) is 1. The Kier molecular flexibility index (Phi) is 2.73. The highest BCUT2D eigenvalue weighted by molar-refractivity contribution is 5.91. The SMILES string of the molecule is Cn1nc([C@H]2CCCNC2)cc1C(N)=O. The molecule has 0 aromatic carbocycles. The first kappa shape index (κ1) is 10.2. The summed E-state index contributed by atoms with van der Waals surface area (Å²) in [6.45, 7) is 2.02. The number of aromatic nitrogens is 2. The average molecular weight is 208 g/mol. The second kappa shape index (κ2) is 4.02. The Labute approximate surface area is 88.6 Å². The van der Waals surface area contributed by atoms with Crippen LogP contribution in [0.15, 0.2) is 6.07 Å². The van der Waals surface area contributed by atoms with Crippen LogP contribution >= 0.6 is 0 Å². The van der Waals surface area contributed by atoms with E-state index in [1.807, 2.05) is 0 Å². The molecule has 1 aliphatic heterocycles. The number of hydrogen-bond acceptors (Lipinski definition) is 3. The third kappa shape index (κ3) is 2.02. The number of carbonyl (C=O) groups is 1. The summed E-state index contributed by atoms with van der Waals surface area (Å²) >= 11 is 0. The number of carbonyl (C=O) groups excluding carboxylic acids is 1. The zero-order valence-corrected chi connectivity index (χ0v) is 8.86. The summed E-state index contributed by atoms with van der Waals surface area (Å²) < 4.78 is 1.56. The molecule has 1 saturated heterocycles. The van der Waals surface area contributed by atoms with Crippen molar-refractivity contribution < 1.29 is 4.79 Å². The van der Waals surface area contributed by atoms with Gasteiger partial charge in [-0.15, -0.1) is 0 Å². The van der Waals surface area contributed by atoms with Crippen LogP contribution in [-0.4, -0.2) is 28.8 Å². The molecule has 3 N–H and O–H groups in total. The molecular formula is C10H16N4O. The molecule has 5 nitrogen and oxygen atoms in total. The van der Waals surface area contributed by atoms with Crippen LogP contribution in [0, 0.1) is 0 Å². The van der Waals surface area contributed by atoms with Gasteiger partial charge in [-0.3, -0.25) is 9.48 Å². The number of nitrogens with one attached hydrogen (secondary N) is 1. The summed E-state index contributed by atoms with van der Waals surface area (Å²) in [5.41, 5.74) is 6.69. The molecule has 2 heterocycles. The number of amides is 1. The maximum absolute atomic E-state index is 11.1. The van der Waals surface area contributed by atoms with Gasteiger partial charge in [-0.2, -0.15) is 5.10 Å². The number of aryl methyl sites for hydroxylation is 1. The van der Waals surface area contributed by atoms with E-state index in [0.29, 0.717) is 11.6 Å². The van der Waals surface area contributed by atoms with Crippen LogP contribution in [0.3, 0.4) is 0 Å². The number of primary amides is 1. The van der Waals surface area contributed by atoms with Gasteiger partial charge in [0.1, 0.15) is 5.69 Å². The second-order valence-electron chi connectivity index (χ2n) is 3.99. The molecule has 0 unspecified atom stereocenters. The van der Waals surface area contributed by atoms with Gasteiger partial charge in [-0.05, 0) is 25.5 Å². The summed E-state index contributed by atoms with van der Waals surface area (Å²) in [7, 11) is 1.75. The topological polar surface area (TPSA) is 72.9 Å². The van der Waals surface area contributed by atoms with Crippen LogP contribution in [0.25, 0.3) is 0 Å². The predicted octanol–water partition coefficient (Wildman–Crippen LogP) is -0.0140. The van der Waals surface area contributed by atoms with Gasteiger partial charge in [0, 0.05) is 19.5 Å². The van der Waals surface area contributed by atoms with Crippen molar-refractivity contribution in [1.82, 2.24) is 15.1 Å². The lowest BCUT2D eigenvalue weighted by molar-refractivity contribution is 0.0991. The fourth-order valence-corrected chi connectivity index (χ4v) is 2.02. The summed E-state index contributed by atoms with van der Waals surface area (Å²) in [6, 6.07) is 1.81. The quantitative estimate of drug-likeness (QED) is 0.717. The van der Waals surface area contributed by atoms with E-state index in [4.69, 9.17) is 5.73 Å². The molecule has 15 heavy (non-hydrogen) atoms. The Morgan fingerprint density at radius 1 is 1.73 bits per heavy atom. The van der Waals surface area contributed by atoms with E-state index in [-0.39, 0.29) is 0 Å². The fourth-order valence-electron chi connectivity index (χ4n) is 2.02. The molecule has 0 radical (unpaired) electrons. The van der Waals surface area contributed by atoms with Crippen molar-refractivity contribution in [2.75, 3.05) is 13.1 Å². The van der Waals surface area contributed by atoms with Crippen molar-refractivity contribution in [3.05, 3.63) is 17.5 Å². The number of rotatable bonds is 2. The first-order chi connectivity index (χ1) is 7.18. The molecule has 0 saturated carbocycles. The number of nitrogens with zero attached hydrogens (tertiary/aromatic N) is 2. The summed E-state index contributed by atoms with van der Waals surface area (Å²) in [6.07, 6.45) is 2.29. The van der Waals surface area contributed by atoms with E-state index in [9.17, 15) is 4.79 Å². The molecule has 82 valence electrons. The Hall–Kier alpha value is -1.36. The van der Waals surface area contributed by atoms with Crippen LogP contribution in [0.1, 0.15) is 34.9 Å². The van der Waals surface area contributed by atoms with E-state index in [1.54, 1.807) is 17.8 Å². The summed E-state index contributed by atoms with van der Waals surface area (Å²) in [4.78, 5) is 11.1. The van der Waals surface area contributed by atoms with Gasteiger partial charge in [0.2, 0.25) is 0 Å². The molecule has 2 rings (SSSR count). The maximum Gasteiger partial charge on any atom is 0.266 e. The van der Waals surface area contributed by atoms with Gasteiger partial charge in [-0.25, -0.2) is 0 Å². The second-order valence-corrected chi connectivity index (χ2v) is 3.99. The zero-order chi connectivity index (χ0) is 10.8. The number of hydrogen-bond donors (Lipinski definition) is 2. The molecule has 1 aromatic rings. The van der Waals surface area contributed by atoms with Crippen molar-refractivity contribution in [2.45, 2.75) is 18.8 Å². The highest BCUT2D eigenvalue weighted by Crippen LogP contribution is 2.22. The monoisotopic (exact) mass is 208 g/mol. The average Bonchev–Trinajstić information content (AvgIpc) is 2.62. The van der Waals surface area contributed by atoms with Crippen molar-refractivity contribution in [3.8, 4) is 0 Å². The van der Waals surface area contributed by atoms with Crippen LogP contribution in [0.4, 0.5) is 0 Å². The third-order valence-electron chi connectivity index (χ3n) is 2.87. The van der Waals surface area contributed by atoms with Gasteiger partial charge in [-0.1, -0.05) is 0 Å². The van der Waals surface area contributed by atoms with Gasteiger partial charge in [0.05, 0.1) is 5.69 Å². The van der Waals surface area contributed by atoms with Crippen molar-refractivity contribution in [2.24, 2.45) is 12.8 Å². The largest absolute Gasteiger partial charge is 0.364 e. The van der Waals surface area contributed by atoms with Crippen molar-refractivity contribution in [1.29, 1.82) is 0 Å². The molecular weight excluding hydrogens is 192 g/mol. The molecule has 0 spiro atoms. The molecule has 1 amide bonds. The Balaban J connectivity index is 2.21. The minimum atomic E-state index is -0.417. The lowest BCUT2D eigenvalue weighted by atomic mass is 9.96. The van der Waals surface area contributed by atoms with Crippen LogP contribution in [0.2, 0.25) is 0 Å². The Morgan fingerprint density at radius 2 is 2.53 bits per heavy atom. The standard InChI is InChI=1S/C10H16N4O/c1-14-9(10(11)15)5-8(13-14)7-3-2-4-12-6-7/h5,7,12H,2-4,6H2,1H3,(H2,11,15)/t7-/m0/s1. The molecule has 1 aliphatic rings. The Bertz CT molecular complexity index is 365. The molecule has 0 bridgehead atoms. The molecule has 0 aliphatic carbocycles. The normalized spacial score (nSPS) is 21.5. The molecule has 1 fully saturated rings. The summed E-state index contributed by atoms with van der Waals surface area (Å²) in [5.74, 6) is -0.00179. The van der Waals surface area contributed by atoms with Gasteiger partial charge in [0.25, 0.3) is 5.91 Å². The third-order valence-corrected chi connectivity index (χ3v) is 2.87. The fraction of sp³-hybridized carbons (Fsp3) is 0.600. The van der Waals surface area contributed by atoms with Crippen LogP contribution < -0.4 is 11.1 Å². The van der Waals surface area contributed by atoms with Gasteiger partial charge in [0.15, 0.2) is 0 Å². The molecule has 1 aromatic heterocycles. The van der Waals surface area contributed by atoms with Gasteiger partial charge >= 0.3 is 0 Å². The zero-order valence-electron chi connectivity index (χ0n) is 8.86. The van der Waals surface area contributed by atoms with Crippen molar-refractivity contribution in [3.63, 3.8) is 0 Å². The highest BCUT2D eigenvalue weighted by Gasteiger charge is 2.20. The maximum atomic E-state index is 11.1. The van der Waals surface area contributed by atoms with E-state index in [2.05, 4.69) is 10.4 Å². The lowest BCUT2D eigenvalue weighted by Gasteiger charge is -2.20. The van der Waals surface area contributed by atoms with Crippen LogP contribution in [-0.2, 0) is 7.05 Å². The van der Waals surface area contributed by atoms with Crippen LogP contribution in [0.5, 0.6) is 0 Å². The van der Waals surface area contributed by atoms with E-state index in [1.165, 1.54) is 0 Å². The lowest BCUT2D eigenvalue weighted by Crippen LogP contribution is -2.28. The highest BCUT2D eigenvalue weighted by atomic mass is 16.1. The van der Waals surface area contributed by atoms with E-state index in [0.717, 1.165) is 31.6 Å².